The van der Waals surface area contributed by atoms with Gasteiger partial charge in [0.2, 0.25) is 0 Å². The van der Waals surface area contributed by atoms with Gasteiger partial charge < -0.3 is 16.3 Å². The topological polar surface area (TPSA) is 69.1 Å². The Morgan fingerprint density at radius 2 is 2.11 bits per heavy atom. The maximum Gasteiger partial charge on any atom is 0.124 e. The van der Waals surface area contributed by atoms with Crippen molar-refractivity contribution in [3.8, 4) is 0 Å². The van der Waals surface area contributed by atoms with Crippen LogP contribution in [0.15, 0.2) is 0 Å². The molecule has 0 aliphatic heterocycles. The number of carbonyl (C=O) groups excluding carboxylic acids is 1. The molecule has 0 amide bonds. The predicted molar refractivity (Wildman–Crippen MR) is 36.9 cm³/mol. The minimum absolute atomic E-state index is 0.0218. The van der Waals surface area contributed by atoms with Crippen molar-refractivity contribution < 1.29 is 4.79 Å². The van der Waals surface area contributed by atoms with Crippen LogP contribution >= 0.6 is 0 Å². The second-order valence-electron chi connectivity index (χ2n) is 2.06. The van der Waals surface area contributed by atoms with E-state index in [-0.39, 0.29) is 5.92 Å². The van der Waals surface area contributed by atoms with Crippen molar-refractivity contribution >= 4 is 6.29 Å². The van der Waals surface area contributed by atoms with Crippen molar-refractivity contribution in [2.24, 2.45) is 17.4 Å². The first-order valence-corrected chi connectivity index (χ1v) is 3.20. The van der Waals surface area contributed by atoms with Gasteiger partial charge >= 0.3 is 0 Å². The van der Waals surface area contributed by atoms with Crippen LogP contribution in [0.1, 0.15) is 12.8 Å². The summed E-state index contributed by atoms with van der Waals surface area (Å²) >= 11 is 0. The monoisotopic (exact) mass is 130 g/mol. The Hall–Kier alpha value is -0.410. The molecule has 1 unspecified atom stereocenters. The summed E-state index contributed by atoms with van der Waals surface area (Å²) in [7, 11) is 0. The lowest BCUT2D eigenvalue weighted by Gasteiger charge is -2.03. The number of carbonyl (C=O) groups is 1. The molecule has 1 atom stereocenters. The molecule has 0 spiro atoms. The minimum atomic E-state index is 0.0218. The lowest BCUT2D eigenvalue weighted by atomic mass is 10.1. The SMILES string of the molecule is NCCCC(C=O)CN. The molecular weight excluding hydrogens is 116 g/mol. The smallest absolute Gasteiger partial charge is 0.124 e. The zero-order chi connectivity index (χ0) is 7.11. The number of aldehydes is 1. The average Bonchev–Trinajstić information content (AvgIpc) is 1.91. The summed E-state index contributed by atoms with van der Waals surface area (Å²) in [6, 6.07) is 0. The van der Waals surface area contributed by atoms with Crippen LogP contribution in [0.3, 0.4) is 0 Å². The Morgan fingerprint density at radius 3 is 2.44 bits per heavy atom. The van der Waals surface area contributed by atoms with Gasteiger partial charge in [-0.3, -0.25) is 0 Å². The molecule has 0 aromatic carbocycles. The summed E-state index contributed by atoms with van der Waals surface area (Å²) in [5.41, 5.74) is 10.5. The Labute approximate surface area is 55.4 Å². The highest BCUT2D eigenvalue weighted by atomic mass is 16.1. The van der Waals surface area contributed by atoms with Gasteiger partial charge in [0.1, 0.15) is 6.29 Å². The van der Waals surface area contributed by atoms with Crippen molar-refractivity contribution in [3.05, 3.63) is 0 Å². The zero-order valence-electron chi connectivity index (χ0n) is 5.55. The summed E-state index contributed by atoms with van der Waals surface area (Å²) in [6.07, 6.45) is 2.62. The van der Waals surface area contributed by atoms with Crippen molar-refractivity contribution in [1.82, 2.24) is 0 Å². The van der Waals surface area contributed by atoms with E-state index in [0.29, 0.717) is 13.1 Å². The molecule has 9 heavy (non-hydrogen) atoms. The van der Waals surface area contributed by atoms with Crippen molar-refractivity contribution in [2.75, 3.05) is 13.1 Å². The Balaban J connectivity index is 3.20. The van der Waals surface area contributed by atoms with E-state index in [4.69, 9.17) is 11.5 Å². The van der Waals surface area contributed by atoms with E-state index < -0.39 is 0 Å². The van der Waals surface area contributed by atoms with Gasteiger partial charge in [0, 0.05) is 12.5 Å². The number of rotatable bonds is 5. The number of hydrogen-bond donors (Lipinski definition) is 2. The van der Waals surface area contributed by atoms with Gasteiger partial charge in [-0.1, -0.05) is 0 Å². The fourth-order valence-electron chi connectivity index (χ4n) is 0.621. The van der Waals surface area contributed by atoms with E-state index in [1.165, 1.54) is 0 Å². The van der Waals surface area contributed by atoms with Gasteiger partial charge in [-0.05, 0) is 19.4 Å². The predicted octanol–water partition coefficient (Wildman–Crippen LogP) is -0.501. The maximum atomic E-state index is 10.1. The zero-order valence-corrected chi connectivity index (χ0v) is 5.55. The van der Waals surface area contributed by atoms with E-state index in [1.54, 1.807) is 0 Å². The first-order valence-electron chi connectivity index (χ1n) is 3.20. The second kappa shape index (κ2) is 5.72. The first-order chi connectivity index (χ1) is 4.35. The lowest BCUT2D eigenvalue weighted by molar-refractivity contribution is -0.111. The molecule has 0 aliphatic carbocycles. The summed E-state index contributed by atoms with van der Waals surface area (Å²) in [6.45, 7) is 1.09. The number of nitrogens with two attached hydrogens (primary N) is 2. The minimum Gasteiger partial charge on any atom is -0.330 e. The molecular formula is C6H14N2O. The molecule has 0 aromatic rings. The Bertz CT molecular complexity index is 75.5. The maximum absolute atomic E-state index is 10.1. The highest BCUT2D eigenvalue weighted by Gasteiger charge is 2.01. The molecule has 0 rings (SSSR count). The van der Waals surface area contributed by atoms with Crippen LogP contribution < -0.4 is 11.5 Å². The lowest BCUT2D eigenvalue weighted by Crippen LogP contribution is -2.16. The third-order valence-corrected chi connectivity index (χ3v) is 1.27. The molecule has 0 heterocycles. The highest BCUT2D eigenvalue weighted by molar-refractivity contribution is 5.53. The van der Waals surface area contributed by atoms with Gasteiger partial charge in [-0.15, -0.1) is 0 Å². The summed E-state index contributed by atoms with van der Waals surface area (Å²) in [5.74, 6) is 0.0218. The van der Waals surface area contributed by atoms with E-state index in [2.05, 4.69) is 0 Å². The molecule has 0 bridgehead atoms. The van der Waals surface area contributed by atoms with Crippen LogP contribution in [0.5, 0.6) is 0 Å². The second-order valence-corrected chi connectivity index (χ2v) is 2.06. The highest BCUT2D eigenvalue weighted by Crippen LogP contribution is 1.98. The molecule has 0 fully saturated rings. The van der Waals surface area contributed by atoms with Crippen LogP contribution in [-0.2, 0) is 4.79 Å². The molecule has 54 valence electrons. The Kier molecular flexibility index (Phi) is 5.46. The van der Waals surface area contributed by atoms with E-state index in [0.717, 1.165) is 19.1 Å². The van der Waals surface area contributed by atoms with Crippen LogP contribution in [0.4, 0.5) is 0 Å². The largest absolute Gasteiger partial charge is 0.330 e. The Morgan fingerprint density at radius 1 is 1.44 bits per heavy atom. The van der Waals surface area contributed by atoms with Crippen molar-refractivity contribution in [2.45, 2.75) is 12.8 Å². The van der Waals surface area contributed by atoms with Crippen molar-refractivity contribution in [1.29, 1.82) is 0 Å². The van der Waals surface area contributed by atoms with Crippen LogP contribution in [0.2, 0.25) is 0 Å². The molecule has 0 radical (unpaired) electrons. The van der Waals surface area contributed by atoms with Gasteiger partial charge in [-0.2, -0.15) is 0 Å². The van der Waals surface area contributed by atoms with E-state index in [9.17, 15) is 4.79 Å². The molecule has 3 nitrogen and oxygen atoms in total. The van der Waals surface area contributed by atoms with Gasteiger partial charge in [-0.25, -0.2) is 0 Å². The molecule has 0 aromatic heterocycles. The molecule has 4 N–H and O–H groups in total. The average molecular weight is 130 g/mol. The molecule has 0 aliphatic rings. The molecule has 3 heteroatoms. The third kappa shape index (κ3) is 4.12. The fraction of sp³-hybridized carbons (Fsp3) is 0.833. The van der Waals surface area contributed by atoms with E-state index >= 15 is 0 Å². The standard InChI is InChI=1S/C6H14N2O/c7-3-1-2-6(4-8)5-9/h5-6H,1-4,7-8H2. The van der Waals surface area contributed by atoms with Crippen LogP contribution in [0, 0.1) is 5.92 Å². The third-order valence-electron chi connectivity index (χ3n) is 1.27. The quantitative estimate of drug-likeness (QED) is 0.493. The first kappa shape index (κ1) is 8.59. The van der Waals surface area contributed by atoms with Gasteiger partial charge in [0.15, 0.2) is 0 Å². The molecule has 0 saturated carbocycles. The van der Waals surface area contributed by atoms with Crippen LogP contribution in [0.25, 0.3) is 0 Å². The summed E-state index contributed by atoms with van der Waals surface area (Å²) < 4.78 is 0. The normalized spacial score (nSPS) is 13.1. The van der Waals surface area contributed by atoms with Crippen molar-refractivity contribution in [3.63, 3.8) is 0 Å². The fourth-order valence-corrected chi connectivity index (χ4v) is 0.621. The number of hydrogen-bond acceptors (Lipinski definition) is 3. The summed E-state index contributed by atoms with van der Waals surface area (Å²) in [5, 5.41) is 0. The summed E-state index contributed by atoms with van der Waals surface area (Å²) in [4.78, 5) is 10.1. The van der Waals surface area contributed by atoms with E-state index in [1.807, 2.05) is 0 Å². The van der Waals surface area contributed by atoms with Crippen LogP contribution in [-0.4, -0.2) is 19.4 Å². The molecule has 0 saturated heterocycles. The van der Waals surface area contributed by atoms with Gasteiger partial charge in [0.05, 0.1) is 0 Å². The van der Waals surface area contributed by atoms with Gasteiger partial charge in [0.25, 0.3) is 0 Å².